The van der Waals surface area contributed by atoms with E-state index in [2.05, 4.69) is 67.0 Å². The predicted molar refractivity (Wildman–Crippen MR) is 245 cm³/mol. The molecule has 4 N–H and O–H groups in total. The summed E-state index contributed by atoms with van der Waals surface area (Å²) in [5, 5.41) is 8.90. The van der Waals surface area contributed by atoms with Crippen LogP contribution in [0.5, 0.6) is 0 Å². The number of carbonyl (C=O) groups is 3. The van der Waals surface area contributed by atoms with Crippen LogP contribution in [0.1, 0.15) is 206 Å². The fourth-order valence-electron chi connectivity index (χ4n) is 6.34. The molecule has 0 aromatic heterocycles. The number of hydrogen-bond acceptors (Lipinski definition) is 9. The van der Waals surface area contributed by atoms with Gasteiger partial charge in [-0.05, 0) is 57.8 Å². The van der Waals surface area contributed by atoms with Crippen molar-refractivity contribution in [1.82, 2.24) is 0 Å². The third kappa shape index (κ3) is 42.1. The number of carboxylic acids is 1. The fourth-order valence-corrected chi connectivity index (χ4v) is 7.12. The Morgan fingerprint density at radius 3 is 1.35 bits per heavy atom. The van der Waals surface area contributed by atoms with Gasteiger partial charge in [-0.2, -0.15) is 0 Å². The van der Waals surface area contributed by atoms with Gasteiger partial charge in [-0.3, -0.25) is 23.4 Å². The molecule has 3 atom stereocenters. The van der Waals surface area contributed by atoms with E-state index in [1.54, 1.807) is 0 Å². The van der Waals surface area contributed by atoms with Crippen molar-refractivity contribution in [3.63, 3.8) is 0 Å². The Balaban J connectivity index is 4.37. The summed E-state index contributed by atoms with van der Waals surface area (Å²) in [5.74, 6) is -2.41. The van der Waals surface area contributed by atoms with E-state index in [1.807, 2.05) is 0 Å². The van der Waals surface area contributed by atoms with E-state index >= 15 is 0 Å². The molecule has 11 nitrogen and oxygen atoms in total. The number of phosphoric ester groups is 1. The summed E-state index contributed by atoms with van der Waals surface area (Å²) < 4.78 is 32.7. The molecule has 0 aliphatic heterocycles. The van der Waals surface area contributed by atoms with Crippen LogP contribution in [-0.4, -0.2) is 59.9 Å². The zero-order chi connectivity index (χ0) is 44.2. The van der Waals surface area contributed by atoms with Crippen LogP contribution in [0.2, 0.25) is 0 Å². The fraction of sp³-hybridized carbons (Fsp3) is 0.771. The van der Waals surface area contributed by atoms with E-state index in [0.717, 1.165) is 57.8 Å². The van der Waals surface area contributed by atoms with Crippen molar-refractivity contribution in [2.45, 2.75) is 219 Å². The molecular formula is C48H86NO10P. The lowest BCUT2D eigenvalue weighted by Gasteiger charge is -2.20. The molecule has 0 aliphatic rings. The molecule has 0 amide bonds. The molecule has 0 rings (SSSR count). The lowest BCUT2D eigenvalue weighted by atomic mass is 10.0. The maximum Gasteiger partial charge on any atom is 0.472 e. The van der Waals surface area contributed by atoms with Gasteiger partial charge in [0.25, 0.3) is 0 Å². The van der Waals surface area contributed by atoms with E-state index in [9.17, 15) is 23.8 Å². The molecule has 12 heteroatoms. The van der Waals surface area contributed by atoms with Gasteiger partial charge in [-0.1, -0.05) is 184 Å². The van der Waals surface area contributed by atoms with Crippen LogP contribution in [0.15, 0.2) is 48.6 Å². The van der Waals surface area contributed by atoms with E-state index in [-0.39, 0.29) is 19.4 Å². The molecule has 0 spiro atoms. The number of carbonyl (C=O) groups excluding carboxylic acids is 2. The maximum absolute atomic E-state index is 12.6. The van der Waals surface area contributed by atoms with Crippen LogP contribution in [-0.2, 0) is 37.5 Å². The number of carboxylic acid groups (broad SMARTS) is 1. The minimum absolute atomic E-state index is 0.124. The molecule has 0 saturated carbocycles. The van der Waals surface area contributed by atoms with Gasteiger partial charge in [0.2, 0.25) is 0 Å². The van der Waals surface area contributed by atoms with Gasteiger partial charge < -0.3 is 25.2 Å². The molecule has 0 radical (unpaired) electrons. The zero-order valence-corrected chi connectivity index (χ0v) is 38.7. The first-order chi connectivity index (χ1) is 29.1. The van der Waals surface area contributed by atoms with Crippen molar-refractivity contribution in [2.24, 2.45) is 5.73 Å². The molecular weight excluding hydrogens is 781 g/mol. The smallest absolute Gasteiger partial charge is 0.472 e. The van der Waals surface area contributed by atoms with Crippen LogP contribution in [0.4, 0.5) is 0 Å². The Hall–Kier alpha value is -2.56. The Labute approximate surface area is 365 Å². The van der Waals surface area contributed by atoms with Crippen molar-refractivity contribution in [3.8, 4) is 0 Å². The lowest BCUT2D eigenvalue weighted by Crippen LogP contribution is -2.34. The van der Waals surface area contributed by atoms with Gasteiger partial charge >= 0.3 is 25.7 Å². The van der Waals surface area contributed by atoms with Gasteiger partial charge in [0.15, 0.2) is 6.10 Å². The Kier molecular flexibility index (Phi) is 41.3. The highest BCUT2D eigenvalue weighted by atomic mass is 31.2. The largest absolute Gasteiger partial charge is 0.480 e. The molecule has 0 aromatic rings. The van der Waals surface area contributed by atoms with E-state index in [1.165, 1.54) is 109 Å². The lowest BCUT2D eigenvalue weighted by molar-refractivity contribution is -0.161. The van der Waals surface area contributed by atoms with Crippen molar-refractivity contribution >= 4 is 25.7 Å². The number of esters is 2. The molecule has 0 aromatic carbocycles. The molecule has 1 unspecified atom stereocenters. The number of ether oxygens (including phenoxy) is 2. The summed E-state index contributed by atoms with van der Waals surface area (Å²) in [4.78, 5) is 46.1. The molecule has 60 heavy (non-hydrogen) atoms. The first-order valence-corrected chi connectivity index (χ1v) is 25.2. The van der Waals surface area contributed by atoms with Crippen molar-refractivity contribution in [3.05, 3.63) is 48.6 Å². The van der Waals surface area contributed by atoms with Crippen LogP contribution >= 0.6 is 7.82 Å². The molecule has 0 bridgehead atoms. The minimum Gasteiger partial charge on any atom is -0.480 e. The first kappa shape index (κ1) is 57.4. The second-order valence-electron chi connectivity index (χ2n) is 15.9. The van der Waals surface area contributed by atoms with Crippen LogP contribution < -0.4 is 5.73 Å². The highest BCUT2D eigenvalue weighted by molar-refractivity contribution is 7.47. The van der Waals surface area contributed by atoms with E-state index in [4.69, 9.17) is 24.8 Å². The van der Waals surface area contributed by atoms with Gasteiger partial charge in [0.05, 0.1) is 13.2 Å². The number of nitrogens with two attached hydrogens (primary N) is 1. The summed E-state index contributed by atoms with van der Waals surface area (Å²) >= 11 is 0. The summed E-state index contributed by atoms with van der Waals surface area (Å²) in [6, 6.07) is -1.53. The summed E-state index contributed by atoms with van der Waals surface area (Å²) in [6.07, 6.45) is 48.8. The van der Waals surface area contributed by atoms with Crippen molar-refractivity contribution in [1.29, 1.82) is 0 Å². The second kappa shape index (κ2) is 43.1. The minimum atomic E-state index is -4.73. The number of unbranched alkanes of at least 4 members (excludes halogenated alkanes) is 22. The van der Waals surface area contributed by atoms with Crippen LogP contribution in [0.3, 0.4) is 0 Å². The number of phosphoric acid groups is 1. The van der Waals surface area contributed by atoms with Gasteiger partial charge in [0, 0.05) is 12.8 Å². The normalized spacial score (nSPS) is 14.1. The summed E-state index contributed by atoms with van der Waals surface area (Å²) in [6.45, 7) is 2.76. The van der Waals surface area contributed by atoms with E-state index < -0.39 is 51.1 Å². The molecule has 0 fully saturated rings. The zero-order valence-electron chi connectivity index (χ0n) is 37.8. The summed E-state index contributed by atoms with van der Waals surface area (Å²) in [7, 11) is -4.73. The standard InChI is InChI=1S/C48H86NO10P/c1-3-5-7-9-11-13-15-17-19-21-22-24-26-28-30-32-34-36-38-40-47(51)59-44(42-57-60(54,55)58-43-45(49)48(52)53)41-56-46(50)39-37-35-33-31-29-27-25-23-20-18-16-14-12-10-8-6-4-2/h11,13,17,19,22,24,28,30,44-45H,3-10,12,14-16,18,20-21,23,25-27,29,31-43,49H2,1-2H3,(H,52,53)(H,54,55)/b13-11+,19-17+,24-22+,30-28+/t44-,45+/m1/s1. The number of allylic oxidation sites excluding steroid dienone is 8. The van der Waals surface area contributed by atoms with Crippen LogP contribution in [0, 0.1) is 0 Å². The molecule has 0 aliphatic carbocycles. The highest BCUT2D eigenvalue weighted by Gasteiger charge is 2.28. The third-order valence-electron chi connectivity index (χ3n) is 10.1. The van der Waals surface area contributed by atoms with Gasteiger partial charge in [0.1, 0.15) is 12.6 Å². The average Bonchev–Trinajstić information content (AvgIpc) is 3.22. The van der Waals surface area contributed by atoms with Crippen molar-refractivity contribution in [2.75, 3.05) is 19.8 Å². The van der Waals surface area contributed by atoms with Gasteiger partial charge in [-0.15, -0.1) is 0 Å². The monoisotopic (exact) mass is 868 g/mol. The topological polar surface area (TPSA) is 172 Å². The maximum atomic E-state index is 12.6. The summed E-state index contributed by atoms with van der Waals surface area (Å²) in [5.41, 5.74) is 5.34. The quantitative estimate of drug-likeness (QED) is 0.0230. The Morgan fingerprint density at radius 1 is 0.517 bits per heavy atom. The average molecular weight is 868 g/mol. The predicted octanol–water partition coefficient (Wildman–Crippen LogP) is 13.0. The number of aliphatic carboxylic acids is 1. The van der Waals surface area contributed by atoms with E-state index in [0.29, 0.717) is 12.8 Å². The second-order valence-corrected chi connectivity index (χ2v) is 17.3. The number of rotatable bonds is 44. The first-order valence-electron chi connectivity index (χ1n) is 23.7. The molecule has 0 heterocycles. The van der Waals surface area contributed by atoms with Gasteiger partial charge in [-0.25, -0.2) is 4.57 Å². The van der Waals surface area contributed by atoms with Crippen molar-refractivity contribution < 1.29 is 47.5 Å². The SMILES string of the molecule is CCCCC/C=C/C/C=C/C/C=C/C/C=C/CCCCCC(=O)O[C@H](COC(=O)CCCCCCCCCCCCCCCCCCC)COP(=O)(O)OC[C@H](N)C(=O)O. The Bertz CT molecular complexity index is 1200. The third-order valence-corrected chi connectivity index (χ3v) is 11.0. The molecule has 348 valence electrons. The Morgan fingerprint density at radius 2 is 0.883 bits per heavy atom. The van der Waals surface area contributed by atoms with Crippen LogP contribution in [0.25, 0.3) is 0 Å². The highest BCUT2D eigenvalue weighted by Crippen LogP contribution is 2.43. The molecule has 0 saturated heterocycles. The number of hydrogen-bond donors (Lipinski definition) is 3.